The normalized spacial score (nSPS) is 33.9. The van der Waals surface area contributed by atoms with E-state index in [9.17, 15) is 9.59 Å². The molecule has 5 rings (SSSR count). The van der Waals surface area contributed by atoms with Gasteiger partial charge in [0.15, 0.2) is 0 Å². The molecule has 1 aromatic rings. The number of hydrogen-bond donors (Lipinski definition) is 0. The Labute approximate surface area is 191 Å². The van der Waals surface area contributed by atoms with Crippen LogP contribution in [0.1, 0.15) is 68.9 Å². The minimum atomic E-state index is -0.163. The zero-order chi connectivity index (χ0) is 22.3. The Balaban J connectivity index is 1.29. The lowest BCUT2D eigenvalue weighted by Gasteiger charge is -2.50. The van der Waals surface area contributed by atoms with E-state index in [2.05, 4.69) is 25.1 Å². The van der Waals surface area contributed by atoms with Crippen LogP contribution in [0.25, 0.3) is 0 Å². The molecule has 1 amide bonds. The van der Waals surface area contributed by atoms with Gasteiger partial charge in [-0.15, -0.1) is 0 Å². The van der Waals surface area contributed by atoms with E-state index in [1.165, 1.54) is 17.5 Å². The smallest absolute Gasteiger partial charge is 0.222 e. The number of carbonyl (C=O) groups excluding carboxylic acids is 2. The Kier molecular flexibility index (Phi) is 6.04. The summed E-state index contributed by atoms with van der Waals surface area (Å²) in [5.41, 5.74) is 2.76. The number of Topliss-reactive ketones (excluding diaryl/α,β-unsaturated/α-hetero) is 1. The van der Waals surface area contributed by atoms with Gasteiger partial charge in [0.2, 0.25) is 5.91 Å². The topological polar surface area (TPSA) is 55.8 Å². The highest BCUT2D eigenvalue weighted by Crippen LogP contribution is 2.62. The van der Waals surface area contributed by atoms with E-state index in [4.69, 9.17) is 9.47 Å². The maximum absolute atomic E-state index is 13.2. The second-order valence-electron chi connectivity index (χ2n) is 10.6. The van der Waals surface area contributed by atoms with E-state index < -0.39 is 0 Å². The van der Waals surface area contributed by atoms with Gasteiger partial charge in [0.1, 0.15) is 11.5 Å². The first kappa shape index (κ1) is 21.9. The van der Waals surface area contributed by atoms with Crippen LogP contribution in [-0.2, 0) is 20.7 Å². The molecule has 1 aliphatic heterocycles. The van der Waals surface area contributed by atoms with E-state index >= 15 is 0 Å². The predicted molar refractivity (Wildman–Crippen MR) is 123 cm³/mol. The molecule has 4 aliphatic rings. The molecule has 0 spiro atoms. The Hall–Kier alpha value is -1.88. The van der Waals surface area contributed by atoms with Crippen molar-refractivity contribution in [1.82, 2.24) is 4.90 Å². The number of fused-ring (bicyclic) bond motifs is 5. The van der Waals surface area contributed by atoms with Crippen molar-refractivity contribution in [3.05, 3.63) is 29.3 Å². The van der Waals surface area contributed by atoms with Gasteiger partial charge >= 0.3 is 0 Å². The summed E-state index contributed by atoms with van der Waals surface area (Å²) in [7, 11) is 1.73. The first-order chi connectivity index (χ1) is 15.5. The lowest BCUT2D eigenvalue weighted by molar-refractivity contribution is -0.135. The molecule has 0 radical (unpaired) electrons. The van der Waals surface area contributed by atoms with Crippen LogP contribution in [-0.4, -0.2) is 50.0 Å². The Morgan fingerprint density at radius 2 is 2.06 bits per heavy atom. The predicted octanol–water partition coefficient (Wildman–Crippen LogP) is 4.38. The Morgan fingerprint density at radius 1 is 1.25 bits per heavy atom. The van der Waals surface area contributed by atoms with Gasteiger partial charge < -0.3 is 14.4 Å². The Bertz CT molecular complexity index is 876. The molecule has 0 N–H and O–H groups in total. The highest BCUT2D eigenvalue weighted by atomic mass is 16.5. The molecule has 1 aromatic carbocycles. The number of carbonyl (C=O) groups is 2. The summed E-state index contributed by atoms with van der Waals surface area (Å²) in [6, 6.07) is 6.60. The fourth-order valence-electron chi connectivity index (χ4n) is 7.50. The van der Waals surface area contributed by atoms with Gasteiger partial charge in [-0.25, -0.2) is 0 Å². The third kappa shape index (κ3) is 3.76. The molecule has 174 valence electrons. The van der Waals surface area contributed by atoms with E-state index in [0.717, 1.165) is 50.9 Å². The number of morpholine rings is 1. The number of ketones is 1. The molecule has 3 aliphatic carbocycles. The summed E-state index contributed by atoms with van der Waals surface area (Å²) >= 11 is 0. The third-order valence-corrected chi connectivity index (χ3v) is 9.11. The third-order valence-electron chi connectivity index (χ3n) is 9.11. The standard InChI is InChI=1S/C27H37NO4/c1-27-11-10-22-21-9-7-20(31-2)16-18(21)6-8-23(22)26(27)19(17-24(27)29)4-3-5-25(30)28-12-14-32-15-13-28/h7,9,16,19,22-23,26H,3-6,8,10-15,17H2,1-2H3/t19-,22-,23-,26+,27-/m1/s1. The van der Waals surface area contributed by atoms with Crippen molar-refractivity contribution in [1.29, 1.82) is 0 Å². The van der Waals surface area contributed by atoms with Crippen LogP contribution >= 0.6 is 0 Å². The lowest BCUT2D eigenvalue weighted by atomic mass is 9.54. The van der Waals surface area contributed by atoms with Crippen LogP contribution in [0.15, 0.2) is 18.2 Å². The first-order valence-corrected chi connectivity index (χ1v) is 12.6. The number of aryl methyl sites for hydroxylation is 1. The summed E-state index contributed by atoms with van der Waals surface area (Å²) in [5.74, 6) is 3.71. The summed E-state index contributed by atoms with van der Waals surface area (Å²) < 4.78 is 10.8. The fraction of sp³-hybridized carbons (Fsp3) is 0.704. The summed E-state index contributed by atoms with van der Waals surface area (Å²) in [4.78, 5) is 27.7. The van der Waals surface area contributed by atoms with E-state index in [1.807, 2.05) is 4.90 Å². The minimum Gasteiger partial charge on any atom is -0.497 e. The molecule has 5 heteroatoms. The number of ether oxygens (including phenoxy) is 2. The number of amides is 1. The van der Waals surface area contributed by atoms with Crippen molar-refractivity contribution >= 4 is 11.7 Å². The average molecular weight is 440 g/mol. The second kappa shape index (κ2) is 8.81. The van der Waals surface area contributed by atoms with Crippen molar-refractivity contribution < 1.29 is 19.1 Å². The highest BCUT2D eigenvalue weighted by Gasteiger charge is 2.58. The maximum Gasteiger partial charge on any atom is 0.222 e. The summed E-state index contributed by atoms with van der Waals surface area (Å²) in [6.07, 6.45) is 7.58. The molecular formula is C27H37NO4. The average Bonchev–Trinajstić information content (AvgIpc) is 3.08. The first-order valence-electron chi connectivity index (χ1n) is 12.6. The number of methoxy groups -OCH3 is 1. The number of nitrogens with zero attached hydrogens (tertiary/aromatic N) is 1. The van der Waals surface area contributed by atoms with Crippen LogP contribution in [0.5, 0.6) is 5.75 Å². The largest absolute Gasteiger partial charge is 0.497 e. The zero-order valence-electron chi connectivity index (χ0n) is 19.6. The highest BCUT2D eigenvalue weighted by molar-refractivity contribution is 5.87. The van der Waals surface area contributed by atoms with Crippen LogP contribution in [0.4, 0.5) is 0 Å². The second-order valence-corrected chi connectivity index (χ2v) is 10.6. The lowest BCUT2D eigenvalue weighted by Crippen LogP contribution is -2.44. The number of hydrogen-bond acceptors (Lipinski definition) is 4. The van der Waals surface area contributed by atoms with Gasteiger partial charge in [-0.3, -0.25) is 9.59 Å². The number of benzene rings is 1. The van der Waals surface area contributed by atoms with Crippen LogP contribution in [0.2, 0.25) is 0 Å². The zero-order valence-corrected chi connectivity index (χ0v) is 19.6. The van der Waals surface area contributed by atoms with E-state index in [1.54, 1.807) is 7.11 Å². The van der Waals surface area contributed by atoms with Crippen LogP contribution in [0.3, 0.4) is 0 Å². The van der Waals surface area contributed by atoms with Crippen molar-refractivity contribution in [2.24, 2.45) is 23.2 Å². The fourth-order valence-corrected chi connectivity index (χ4v) is 7.50. The SMILES string of the molecule is COc1ccc2c(c1)CC[C@H]1[C@@H]3[C@H](CCCC(=O)N4CCOCC4)CC(=O)[C@@]3(C)CC[C@H]21. The van der Waals surface area contributed by atoms with E-state index in [0.29, 0.717) is 55.5 Å². The summed E-state index contributed by atoms with van der Waals surface area (Å²) in [6.45, 7) is 4.99. The molecule has 5 nitrogen and oxygen atoms in total. The van der Waals surface area contributed by atoms with Gasteiger partial charge in [-0.1, -0.05) is 13.0 Å². The van der Waals surface area contributed by atoms with Gasteiger partial charge in [0.25, 0.3) is 0 Å². The molecule has 0 bridgehead atoms. The van der Waals surface area contributed by atoms with Gasteiger partial charge in [-0.2, -0.15) is 0 Å². The quantitative estimate of drug-likeness (QED) is 0.683. The van der Waals surface area contributed by atoms with Crippen molar-refractivity contribution in [2.45, 2.75) is 64.2 Å². The van der Waals surface area contributed by atoms with Gasteiger partial charge in [0, 0.05) is 31.3 Å². The van der Waals surface area contributed by atoms with Crippen molar-refractivity contribution in [3.63, 3.8) is 0 Å². The maximum atomic E-state index is 13.2. The monoisotopic (exact) mass is 439 g/mol. The Morgan fingerprint density at radius 3 is 2.84 bits per heavy atom. The van der Waals surface area contributed by atoms with Gasteiger partial charge in [-0.05, 0) is 85.5 Å². The molecule has 1 heterocycles. The summed E-state index contributed by atoms with van der Waals surface area (Å²) in [5, 5.41) is 0. The van der Waals surface area contributed by atoms with Crippen LogP contribution in [0, 0.1) is 23.2 Å². The van der Waals surface area contributed by atoms with Crippen molar-refractivity contribution in [2.75, 3.05) is 33.4 Å². The molecule has 1 saturated heterocycles. The molecule has 0 unspecified atom stereocenters. The number of rotatable bonds is 5. The molecule has 5 atom stereocenters. The van der Waals surface area contributed by atoms with Crippen molar-refractivity contribution in [3.8, 4) is 5.75 Å². The molecule has 0 aromatic heterocycles. The van der Waals surface area contributed by atoms with Crippen LogP contribution < -0.4 is 4.74 Å². The minimum absolute atomic E-state index is 0.163. The molecule has 32 heavy (non-hydrogen) atoms. The van der Waals surface area contributed by atoms with Gasteiger partial charge in [0.05, 0.1) is 20.3 Å². The molecular weight excluding hydrogens is 402 g/mol. The van der Waals surface area contributed by atoms with E-state index in [-0.39, 0.29) is 11.3 Å². The molecule has 3 fully saturated rings. The molecule has 2 saturated carbocycles.